The van der Waals surface area contributed by atoms with Crippen molar-refractivity contribution in [3.63, 3.8) is 0 Å². The van der Waals surface area contributed by atoms with Crippen molar-refractivity contribution in [3.05, 3.63) is 48.3 Å². The van der Waals surface area contributed by atoms with Gasteiger partial charge in [0.25, 0.3) is 0 Å². The molecule has 1 unspecified atom stereocenters. The standard InChI is InChI=1S/C17H22FN3O2/c1-20-9-15(19-13-20)10-21-8-2-7-17(22,11-21)12-23-16-5-3-14(18)4-6-16/h3-6,9,13,22H,2,7-8,10-12H2,1H3. The highest BCUT2D eigenvalue weighted by molar-refractivity contribution is 5.22. The molecule has 2 heterocycles. The highest BCUT2D eigenvalue weighted by Crippen LogP contribution is 2.24. The van der Waals surface area contributed by atoms with Crippen LogP contribution in [0.3, 0.4) is 0 Å². The lowest BCUT2D eigenvalue weighted by Gasteiger charge is -2.38. The van der Waals surface area contributed by atoms with Gasteiger partial charge >= 0.3 is 0 Å². The van der Waals surface area contributed by atoms with E-state index in [0.29, 0.717) is 18.7 Å². The number of imidazole rings is 1. The lowest BCUT2D eigenvalue weighted by Crippen LogP contribution is -2.51. The van der Waals surface area contributed by atoms with Crippen molar-refractivity contribution in [2.24, 2.45) is 7.05 Å². The smallest absolute Gasteiger partial charge is 0.123 e. The third-order valence-corrected chi connectivity index (χ3v) is 4.10. The summed E-state index contributed by atoms with van der Waals surface area (Å²) in [7, 11) is 1.94. The summed E-state index contributed by atoms with van der Waals surface area (Å²) in [6, 6.07) is 5.86. The number of aryl methyl sites for hydroxylation is 1. The predicted molar refractivity (Wildman–Crippen MR) is 84.6 cm³/mol. The number of β-amino-alcohol motifs (C(OH)–C–C–N with tert-alkyl or cyclic N) is 1. The van der Waals surface area contributed by atoms with Gasteiger partial charge < -0.3 is 14.4 Å². The molecule has 1 aromatic carbocycles. The molecular weight excluding hydrogens is 297 g/mol. The van der Waals surface area contributed by atoms with Gasteiger partial charge in [-0.15, -0.1) is 0 Å². The van der Waals surface area contributed by atoms with Gasteiger partial charge in [0, 0.05) is 26.3 Å². The van der Waals surface area contributed by atoms with E-state index in [-0.39, 0.29) is 12.4 Å². The van der Waals surface area contributed by atoms with Crippen LogP contribution in [0.2, 0.25) is 0 Å². The molecule has 0 amide bonds. The molecule has 3 rings (SSSR count). The molecule has 1 fully saturated rings. The summed E-state index contributed by atoms with van der Waals surface area (Å²) in [5.41, 5.74) is 0.109. The van der Waals surface area contributed by atoms with E-state index in [1.807, 2.05) is 17.8 Å². The zero-order chi connectivity index (χ0) is 16.3. The molecule has 2 aromatic rings. The average molecular weight is 319 g/mol. The summed E-state index contributed by atoms with van der Waals surface area (Å²) in [4.78, 5) is 6.53. The van der Waals surface area contributed by atoms with Crippen molar-refractivity contribution in [1.82, 2.24) is 14.5 Å². The van der Waals surface area contributed by atoms with Crippen LogP contribution in [0.4, 0.5) is 4.39 Å². The van der Waals surface area contributed by atoms with E-state index in [2.05, 4.69) is 9.88 Å². The number of piperidine rings is 1. The van der Waals surface area contributed by atoms with E-state index in [4.69, 9.17) is 4.74 Å². The fourth-order valence-corrected chi connectivity index (χ4v) is 2.99. The maximum Gasteiger partial charge on any atom is 0.123 e. The fourth-order valence-electron chi connectivity index (χ4n) is 2.99. The highest BCUT2D eigenvalue weighted by atomic mass is 19.1. The van der Waals surface area contributed by atoms with Gasteiger partial charge in [0.1, 0.15) is 23.8 Å². The summed E-state index contributed by atoms with van der Waals surface area (Å²) in [6.45, 7) is 2.41. The number of halogens is 1. The largest absolute Gasteiger partial charge is 0.491 e. The first-order chi connectivity index (χ1) is 11.0. The molecule has 0 saturated carbocycles. The molecular formula is C17H22FN3O2. The van der Waals surface area contributed by atoms with Crippen LogP contribution >= 0.6 is 0 Å². The van der Waals surface area contributed by atoms with Gasteiger partial charge in [0.05, 0.1) is 12.0 Å². The Morgan fingerprint density at radius 1 is 1.35 bits per heavy atom. The molecule has 1 N–H and O–H groups in total. The fraction of sp³-hybridized carbons (Fsp3) is 0.471. The van der Waals surface area contributed by atoms with Crippen molar-refractivity contribution in [3.8, 4) is 5.75 Å². The lowest BCUT2D eigenvalue weighted by atomic mass is 9.93. The molecule has 5 nitrogen and oxygen atoms in total. The average Bonchev–Trinajstić information content (AvgIpc) is 2.92. The normalized spacial score (nSPS) is 22.2. The Hall–Kier alpha value is -1.92. The minimum atomic E-state index is -0.887. The first-order valence-corrected chi connectivity index (χ1v) is 7.82. The minimum Gasteiger partial charge on any atom is -0.491 e. The predicted octanol–water partition coefficient (Wildman–Crippen LogP) is 1.97. The topological polar surface area (TPSA) is 50.5 Å². The number of benzene rings is 1. The van der Waals surface area contributed by atoms with E-state index in [1.54, 1.807) is 18.5 Å². The van der Waals surface area contributed by atoms with Crippen molar-refractivity contribution < 1.29 is 14.2 Å². The number of nitrogens with zero attached hydrogens (tertiary/aromatic N) is 3. The summed E-state index contributed by atoms with van der Waals surface area (Å²) in [6.07, 6.45) is 5.38. The van der Waals surface area contributed by atoms with Crippen molar-refractivity contribution in [2.45, 2.75) is 25.0 Å². The van der Waals surface area contributed by atoms with Gasteiger partial charge in [-0.05, 0) is 43.7 Å². The maximum absolute atomic E-state index is 12.9. The first-order valence-electron chi connectivity index (χ1n) is 7.82. The van der Waals surface area contributed by atoms with Gasteiger partial charge in [-0.25, -0.2) is 9.37 Å². The molecule has 0 aliphatic carbocycles. The molecule has 1 aliphatic rings. The zero-order valence-corrected chi connectivity index (χ0v) is 13.3. The second-order valence-corrected chi connectivity index (χ2v) is 6.31. The Balaban J connectivity index is 1.56. The van der Waals surface area contributed by atoms with E-state index in [1.165, 1.54) is 12.1 Å². The number of aliphatic hydroxyl groups is 1. The zero-order valence-electron chi connectivity index (χ0n) is 13.3. The van der Waals surface area contributed by atoms with Gasteiger partial charge in [-0.2, -0.15) is 0 Å². The van der Waals surface area contributed by atoms with Crippen LogP contribution < -0.4 is 4.74 Å². The lowest BCUT2D eigenvalue weighted by molar-refractivity contribution is -0.0623. The number of ether oxygens (including phenoxy) is 1. The molecule has 1 atom stereocenters. The van der Waals surface area contributed by atoms with Gasteiger partial charge in [0.15, 0.2) is 0 Å². The van der Waals surface area contributed by atoms with E-state index >= 15 is 0 Å². The highest BCUT2D eigenvalue weighted by Gasteiger charge is 2.34. The Morgan fingerprint density at radius 3 is 2.83 bits per heavy atom. The number of hydrogen-bond donors (Lipinski definition) is 1. The first kappa shape index (κ1) is 16.0. The van der Waals surface area contributed by atoms with E-state index in [0.717, 1.165) is 25.2 Å². The second-order valence-electron chi connectivity index (χ2n) is 6.31. The maximum atomic E-state index is 12.9. The van der Waals surface area contributed by atoms with Gasteiger partial charge in [0.2, 0.25) is 0 Å². The van der Waals surface area contributed by atoms with Crippen LogP contribution in [0.25, 0.3) is 0 Å². The third-order valence-electron chi connectivity index (χ3n) is 4.10. The number of hydrogen-bond acceptors (Lipinski definition) is 4. The minimum absolute atomic E-state index is 0.206. The van der Waals surface area contributed by atoms with Gasteiger partial charge in [-0.3, -0.25) is 4.90 Å². The van der Waals surface area contributed by atoms with Crippen molar-refractivity contribution >= 4 is 0 Å². The molecule has 0 radical (unpaired) electrons. The third kappa shape index (κ3) is 4.30. The van der Waals surface area contributed by atoms with Crippen LogP contribution in [0.5, 0.6) is 5.75 Å². The number of rotatable bonds is 5. The van der Waals surface area contributed by atoms with E-state index in [9.17, 15) is 9.50 Å². The molecule has 1 aromatic heterocycles. The molecule has 0 spiro atoms. The van der Waals surface area contributed by atoms with Gasteiger partial charge in [-0.1, -0.05) is 0 Å². The Bertz CT molecular complexity index is 644. The van der Waals surface area contributed by atoms with Crippen molar-refractivity contribution in [1.29, 1.82) is 0 Å². The summed E-state index contributed by atoms with van der Waals surface area (Å²) in [5.74, 6) is 0.275. The molecule has 1 saturated heterocycles. The number of likely N-dealkylation sites (tertiary alicyclic amines) is 1. The molecule has 23 heavy (non-hydrogen) atoms. The van der Waals surface area contributed by atoms with E-state index < -0.39 is 5.60 Å². The number of aromatic nitrogens is 2. The summed E-state index contributed by atoms with van der Waals surface area (Å²) in [5, 5.41) is 10.8. The van der Waals surface area contributed by atoms with Crippen LogP contribution in [-0.2, 0) is 13.6 Å². The SMILES string of the molecule is Cn1cnc(CN2CCCC(O)(COc3ccc(F)cc3)C2)c1. The summed E-state index contributed by atoms with van der Waals surface area (Å²) >= 11 is 0. The molecule has 6 heteroatoms. The quantitative estimate of drug-likeness (QED) is 0.915. The van der Waals surface area contributed by atoms with Crippen LogP contribution in [0.15, 0.2) is 36.8 Å². The van der Waals surface area contributed by atoms with Crippen LogP contribution in [-0.4, -0.2) is 44.9 Å². The van der Waals surface area contributed by atoms with Crippen LogP contribution in [0, 0.1) is 5.82 Å². The monoisotopic (exact) mass is 319 g/mol. The molecule has 124 valence electrons. The van der Waals surface area contributed by atoms with Crippen LogP contribution in [0.1, 0.15) is 18.5 Å². The molecule has 1 aliphatic heterocycles. The Morgan fingerprint density at radius 2 is 2.13 bits per heavy atom. The molecule has 0 bridgehead atoms. The Labute approximate surface area is 135 Å². The second kappa shape index (κ2) is 6.68. The Kier molecular flexibility index (Phi) is 4.63. The van der Waals surface area contributed by atoms with Crippen molar-refractivity contribution in [2.75, 3.05) is 19.7 Å². The summed E-state index contributed by atoms with van der Waals surface area (Å²) < 4.78 is 20.5.